The number of carbonyl (C=O) groups excluding carboxylic acids is 1. The molecule has 100 valence electrons. The summed E-state index contributed by atoms with van der Waals surface area (Å²) < 4.78 is 7.09. The molecule has 0 bridgehead atoms. The third kappa shape index (κ3) is 3.84. The van der Waals surface area contributed by atoms with Crippen molar-refractivity contribution in [1.82, 2.24) is 15.1 Å². The first-order valence-electron chi connectivity index (χ1n) is 6.09. The van der Waals surface area contributed by atoms with Crippen LogP contribution in [0.15, 0.2) is 36.5 Å². The van der Waals surface area contributed by atoms with Crippen LogP contribution < -0.4 is 10.1 Å². The molecule has 2 aromatic rings. The van der Waals surface area contributed by atoms with Crippen molar-refractivity contribution < 1.29 is 9.53 Å². The molecule has 5 nitrogen and oxygen atoms in total. The first-order valence-corrected chi connectivity index (χ1v) is 6.09. The highest BCUT2D eigenvalue weighted by molar-refractivity contribution is 5.77. The van der Waals surface area contributed by atoms with Crippen molar-refractivity contribution in [3.8, 4) is 5.75 Å². The lowest BCUT2D eigenvalue weighted by atomic mass is 10.2. The summed E-state index contributed by atoms with van der Waals surface area (Å²) in [6.07, 6.45) is 1.90. The number of hydrogen-bond acceptors (Lipinski definition) is 3. The maximum Gasteiger partial charge on any atom is 0.258 e. The smallest absolute Gasteiger partial charge is 0.258 e. The van der Waals surface area contributed by atoms with Crippen molar-refractivity contribution >= 4 is 5.91 Å². The van der Waals surface area contributed by atoms with Gasteiger partial charge >= 0.3 is 0 Å². The minimum Gasteiger partial charge on any atom is -0.484 e. The number of nitrogens with one attached hydrogen (secondary N) is 1. The number of nitrogens with zero attached hydrogens (tertiary/aromatic N) is 2. The quantitative estimate of drug-likeness (QED) is 0.883. The van der Waals surface area contributed by atoms with Gasteiger partial charge in [-0.2, -0.15) is 5.10 Å². The molecule has 1 amide bonds. The van der Waals surface area contributed by atoms with Gasteiger partial charge in [-0.05, 0) is 19.1 Å². The van der Waals surface area contributed by atoms with Gasteiger partial charge in [-0.15, -0.1) is 0 Å². The third-order valence-corrected chi connectivity index (χ3v) is 2.70. The number of aryl methyl sites for hydroxylation is 2. The van der Waals surface area contributed by atoms with E-state index in [1.54, 1.807) is 4.68 Å². The highest BCUT2D eigenvalue weighted by Gasteiger charge is 2.06. The Morgan fingerprint density at radius 3 is 2.74 bits per heavy atom. The predicted octanol–water partition coefficient (Wildman–Crippen LogP) is 1.42. The van der Waals surface area contributed by atoms with Gasteiger partial charge in [0.25, 0.3) is 5.91 Å². The lowest BCUT2D eigenvalue weighted by Gasteiger charge is -2.06. The van der Waals surface area contributed by atoms with Gasteiger partial charge in [0.1, 0.15) is 5.75 Å². The summed E-state index contributed by atoms with van der Waals surface area (Å²) in [4.78, 5) is 11.6. The Hall–Kier alpha value is -2.30. The number of benzene rings is 1. The second kappa shape index (κ2) is 6.04. The van der Waals surface area contributed by atoms with Gasteiger partial charge in [0.15, 0.2) is 6.61 Å². The summed E-state index contributed by atoms with van der Waals surface area (Å²) in [6.45, 7) is 2.40. The SMILES string of the molecule is Cc1nn(C)cc1CNC(=O)COc1ccccc1. The van der Waals surface area contributed by atoms with Crippen LogP contribution in [-0.2, 0) is 18.4 Å². The van der Waals surface area contributed by atoms with Crippen LogP contribution >= 0.6 is 0 Å². The topological polar surface area (TPSA) is 56.2 Å². The van der Waals surface area contributed by atoms with E-state index in [2.05, 4.69) is 10.4 Å². The molecule has 0 fully saturated rings. The molecule has 0 aliphatic rings. The van der Waals surface area contributed by atoms with Crippen LogP contribution in [-0.4, -0.2) is 22.3 Å². The summed E-state index contributed by atoms with van der Waals surface area (Å²) in [6, 6.07) is 9.27. The molecule has 2 rings (SSSR count). The maximum absolute atomic E-state index is 11.6. The normalized spacial score (nSPS) is 10.2. The van der Waals surface area contributed by atoms with Gasteiger partial charge in [0.05, 0.1) is 5.69 Å². The van der Waals surface area contributed by atoms with Crippen molar-refractivity contribution in [2.75, 3.05) is 6.61 Å². The third-order valence-electron chi connectivity index (χ3n) is 2.70. The Kier molecular flexibility index (Phi) is 4.18. The number of ether oxygens (including phenoxy) is 1. The largest absolute Gasteiger partial charge is 0.484 e. The monoisotopic (exact) mass is 259 g/mol. The molecule has 0 unspecified atom stereocenters. The lowest BCUT2D eigenvalue weighted by Crippen LogP contribution is -2.28. The van der Waals surface area contributed by atoms with E-state index in [4.69, 9.17) is 4.74 Å². The molecule has 19 heavy (non-hydrogen) atoms. The summed E-state index contributed by atoms with van der Waals surface area (Å²) in [7, 11) is 1.86. The zero-order valence-corrected chi connectivity index (χ0v) is 11.1. The van der Waals surface area contributed by atoms with Crippen LogP contribution in [0, 0.1) is 6.92 Å². The molecule has 0 aliphatic heterocycles. The van der Waals surface area contributed by atoms with Gasteiger partial charge in [0, 0.05) is 25.4 Å². The zero-order valence-electron chi connectivity index (χ0n) is 11.1. The Labute approximate surface area is 112 Å². The molecule has 1 N–H and O–H groups in total. The molecule has 0 saturated heterocycles. The second-order valence-corrected chi connectivity index (χ2v) is 4.29. The van der Waals surface area contributed by atoms with E-state index in [9.17, 15) is 4.79 Å². The highest BCUT2D eigenvalue weighted by Crippen LogP contribution is 2.08. The molecule has 0 spiro atoms. The average Bonchev–Trinajstić information content (AvgIpc) is 2.73. The fourth-order valence-corrected chi connectivity index (χ4v) is 1.73. The van der Waals surface area contributed by atoms with E-state index in [-0.39, 0.29) is 12.5 Å². The summed E-state index contributed by atoms with van der Waals surface area (Å²) in [5, 5.41) is 7.02. The van der Waals surface area contributed by atoms with E-state index in [1.807, 2.05) is 50.5 Å². The summed E-state index contributed by atoms with van der Waals surface area (Å²) in [5.41, 5.74) is 1.93. The first-order chi connectivity index (χ1) is 9.15. The van der Waals surface area contributed by atoms with Crippen LogP contribution in [0.3, 0.4) is 0 Å². The van der Waals surface area contributed by atoms with Gasteiger partial charge in [-0.3, -0.25) is 9.48 Å². The maximum atomic E-state index is 11.6. The minimum atomic E-state index is -0.146. The number of amides is 1. The van der Waals surface area contributed by atoms with Gasteiger partial charge in [-0.1, -0.05) is 18.2 Å². The van der Waals surface area contributed by atoms with E-state index < -0.39 is 0 Å². The van der Waals surface area contributed by atoms with E-state index in [0.717, 1.165) is 11.3 Å². The molecular formula is C14H17N3O2. The molecule has 0 aliphatic carbocycles. The predicted molar refractivity (Wildman–Crippen MR) is 71.7 cm³/mol. The van der Waals surface area contributed by atoms with Crippen molar-refractivity contribution in [3.05, 3.63) is 47.8 Å². The summed E-state index contributed by atoms with van der Waals surface area (Å²) >= 11 is 0. The lowest BCUT2D eigenvalue weighted by molar-refractivity contribution is -0.123. The van der Waals surface area contributed by atoms with Crippen molar-refractivity contribution in [2.45, 2.75) is 13.5 Å². The van der Waals surface area contributed by atoms with Gasteiger partial charge in [0.2, 0.25) is 0 Å². The number of carbonyl (C=O) groups is 1. The van der Waals surface area contributed by atoms with Crippen LogP contribution in [0.4, 0.5) is 0 Å². The van der Waals surface area contributed by atoms with E-state index in [0.29, 0.717) is 12.3 Å². The highest BCUT2D eigenvalue weighted by atomic mass is 16.5. The van der Waals surface area contributed by atoms with Crippen molar-refractivity contribution in [3.63, 3.8) is 0 Å². The van der Waals surface area contributed by atoms with E-state index >= 15 is 0 Å². The second-order valence-electron chi connectivity index (χ2n) is 4.29. The van der Waals surface area contributed by atoms with E-state index in [1.165, 1.54) is 0 Å². The fraction of sp³-hybridized carbons (Fsp3) is 0.286. The Balaban J connectivity index is 1.77. The van der Waals surface area contributed by atoms with Crippen molar-refractivity contribution in [1.29, 1.82) is 0 Å². The molecule has 1 aromatic heterocycles. The molecule has 0 atom stereocenters. The summed E-state index contributed by atoms with van der Waals surface area (Å²) in [5.74, 6) is 0.544. The van der Waals surface area contributed by atoms with Crippen LogP contribution in [0.5, 0.6) is 5.75 Å². The molecule has 5 heteroatoms. The first kappa shape index (κ1) is 13.1. The molecular weight excluding hydrogens is 242 g/mol. The number of hydrogen-bond donors (Lipinski definition) is 1. The van der Waals surface area contributed by atoms with Crippen LogP contribution in [0.1, 0.15) is 11.3 Å². The van der Waals surface area contributed by atoms with Crippen LogP contribution in [0.2, 0.25) is 0 Å². The zero-order chi connectivity index (χ0) is 13.7. The minimum absolute atomic E-state index is 0.0172. The fourth-order valence-electron chi connectivity index (χ4n) is 1.73. The molecule has 0 saturated carbocycles. The van der Waals surface area contributed by atoms with Gasteiger partial charge in [-0.25, -0.2) is 0 Å². The molecule has 1 aromatic carbocycles. The Morgan fingerprint density at radius 2 is 2.11 bits per heavy atom. The number of aromatic nitrogens is 2. The number of para-hydroxylation sites is 1. The average molecular weight is 259 g/mol. The van der Waals surface area contributed by atoms with Crippen molar-refractivity contribution in [2.24, 2.45) is 7.05 Å². The van der Waals surface area contributed by atoms with Crippen LogP contribution in [0.25, 0.3) is 0 Å². The standard InChI is InChI=1S/C14H17N3O2/c1-11-12(9-17(2)16-11)8-15-14(18)10-19-13-6-4-3-5-7-13/h3-7,9H,8,10H2,1-2H3,(H,15,18). The molecule has 1 heterocycles. The Bertz CT molecular complexity index is 549. The molecule has 0 radical (unpaired) electrons. The number of rotatable bonds is 5. The van der Waals surface area contributed by atoms with Gasteiger partial charge < -0.3 is 10.1 Å². The Morgan fingerprint density at radius 1 is 1.37 bits per heavy atom.